The normalized spacial score (nSPS) is 17.6. The molecule has 1 fully saturated rings. The van der Waals surface area contributed by atoms with Crippen LogP contribution in [0.5, 0.6) is 17.2 Å². The van der Waals surface area contributed by atoms with E-state index in [1.807, 2.05) is 30.3 Å². The molecular weight excluding hydrogens is 447 g/mol. The first kappa shape index (κ1) is 23.6. The minimum Gasteiger partial charge on any atom is -0.496 e. The Labute approximate surface area is 195 Å². The van der Waals surface area contributed by atoms with Crippen LogP contribution >= 0.6 is 0 Å². The molecule has 178 valence electrons. The summed E-state index contributed by atoms with van der Waals surface area (Å²) < 4.78 is 58.5. The summed E-state index contributed by atoms with van der Waals surface area (Å²) in [7, 11) is 1.29. The number of nitrogens with zero attached hydrogens (tertiary/aromatic N) is 1. The van der Waals surface area contributed by atoms with E-state index in [4.69, 9.17) is 14.2 Å². The van der Waals surface area contributed by atoms with E-state index < -0.39 is 29.5 Å². The lowest BCUT2D eigenvalue weighted by atomic mass is 10.0. The van der Waals surface area contributed by atoms with Gasteiger partial charge in [0.15, 0.2) is 6.23 Å². The zero-order valence-electron chi connectivity index (χ0n) is 18.9. The lowest BCUT2D eigenvalue weighted by molar-refractivity contribution is -0.141. The van der Waals surface area contributed by atoms with Gasteiger partial charge in [0.25, 0.3) is 5.91 Å². The quantitative estimate of drug-likeness (QED) is 0.421. The van der Waals surface area contributed by atoms with Crippen LogP contribution in [0.4, 0.5) is 13.2 Å². The van der Waals surface area contributed by atoms with Gasteiger partial charge >= 0.3 is 6.18 Å². The molecule has 5 nitrogen and oxygen atoms in total. The first-order chi connectivity index (χ1) is 16.1. The molecule has 1 aliphatic heterocycles. The molecule has 1 heterocycles. The van der Waals surface area contributed by atoms with E-state index in [0.29, 0.717) is 17.1 Å². The maximum atomic E-state index is 13.9. The smallest absolute Gasteiger partial charge is 0.416 e. The van der Waals surface area contributed by atoms with Crippen molar-refractivity contribution >= 4 is 5.91 Å². The van der Waals surface area contributed by atoms with Crippen LogP contribution in [0.3, 0.4) is 0 Å². The van der Waals surface area contributed by atoms with E-state index >= 15 is 0 Å². The van der Waals surface area contributed by atoms with Crippen molar-refractivity contribution < 1.29 is 32.2 Å². The molecule has 1 unspecified atom stereocenters. The molecule has 0 saturated carbocycles. The Morgan fingerprint density at radius 3 is 2.21 bits per heavy atom. The summed E-state index contributed by atoms with van der Waals surface area (Å²) in [5.41, 5.74) is -1.71. The first-order valence-corrected chi connectivity index (χ1v) is 10.6. The van der Waals surface area contributed by atoms with Crippen LogP contribution in [0.1, 0.15) is 36.8 Å². The van der Waals surface area contributed by atoms with Crippen molar-refractivity contribution in [2.45, 2.75) is 38.4 Å². The minimum atomic E-state index is -4.65. The van der Waals surface area contributed by atoms with Crippen molar-refractivity contribution in [3.8, 4) is 17.2 Å². The van der Waals surface area contributed by atoms with Crippen LogP contribution in [-0.2, 0) is 22.3 Å². The number of alkyl halides is 3. The fourth-order valence-corrected chi connectivity index (χ4v) is 3.92. The van der Waals surface area contributed by atoms with Gasteiger partial charge in [0.05, 0.1) is 18.2 Å². The molecule has 1 saturated heterocycles. The third-order valence-corrected chi connectivity index (χ3v) is 5.56. The molecule has 3 aromatic rings. The van der Waals surface area contributed by atoms with Crippen LogP contribution in [0.25, 0.3) is 0 Å². The second kappa shape index (κ2) is 9.02. The number of methoxy groups -OCH3 is 1. The van der Waals surface area contributed by atoms with Gasteiger partial charge in [-0.05, 0) is 55.8 Å². The van der Waals surface area contributed by atoms with E-state index in [1.54, 1.807) is 38.1 Å². The Balaban J connectivity index is 1.65. The second-order valence-electron chi connectivity index (χ2n) is 8.39. The number of para-hydroxylation sites is 1. The van der Waals surface area contributed by atoms with Crippen LogP contribution in [0, 0.1) is 0 Å². The van der Waals surface area contributed by atoms with Gasteiger partial charge in [0, 0.05) is 6.54 Å². The van der Waals surface area contributed by atoms with Crippen molar-refractivity contribution in [3.63, 3.8) is 0 Å². The number of carbonyl (C=O) groups is 1. The largest absolute Gasteiger partial charge is 0.496 e. The average Bonchev–Trinajstić information content (AvgIpc) is 3.03. The topological polar surface area (TPSA) is 48.0 Å². The summed E-state index contributed by atoms with van der Waals surface area (Å²) in [5.74, 6) is 0.860. The lowest BCUT2D eigenvalue weighted by Gasteiger charge is -2.27. The highest BCUT2D eigenvalue weighted by atomic mass is 19.4. The highest BCUT2D eigenvalue weighted by Gasteiger charge is 2.50. The Morgan fingerprint density at radius 2 is 1.59 bits per heavy atom. The predicted molar refractivity (Wildman–Crippen MR) is 119 cm³/mol. The van der Waals surface area contributed by atoms with Crippen LogP contribution in [-0.4, -0.2) is 23.5 Å². The van der Waals surface area contributed by atoms with Crippen molar-refractivity contribution in [2.75, 3.05) is 7.11 Å². The Morgan fingerprint density at radius 1 is 0.941 bits per heavy atom. The monoisotopic (exact) mass is 471 g/mol. The molecule has 1 atom stereocenters. The average molecular weight is 471 g/mol. The van der Waals surface area contributed by atoms with Crippen molar-refractivity contribution in [1.82, 2.24) is 4.90 Å². The SMILES string of the molecule is COc1cccc(C(F)(F)F)c1C1OC(C)(C)C(=O)N1Cc1ccc(Oc2ccccc2)cc1. The minimum absolute atomic E-state index is 0.00179. The van der Waals surface area contributed by atoms with Gasteiger partial charge in [0.1, 0.15) is 22.8 Å². The first-order valence-electron chi connectivity index (χ1n) is 10.6. The van der Waals surface area contributed by atoms with Crippen molar-refractivity contribution in [2.24, 2.45) is 0 Å². The van der Waals surface area contributed by atoms with Crippen LogP contribution in [0.2, 0.25) is 0 Å². The standard InChI is InChI=1S/C26H24F3NO4/c1-25(2)24(31)30(16-17-12-14-19(15-13-17)33-18-8-5-4-6-9-18)23(34-25)22-20(26(27,28)29)10-7-11-21(22)32-3/h4-15,23H,16H2,1-3H3. The Bertz CT molecular complexity index is 1160. The van der Waals surface area contributed by atoms with Crippen LogP contribution in [0.15, 0.2) is 72.8 Å². The summed E-state index contributed by atoms with van der Waals surface area (Å²) >= 11 is 0. The van der Waals surface area contributed by atoms with E-state index in [1.165, 1.54) is 24.1 Å². The molecule has 8 heteroatoms. The molecule has 0 N–H and O–H groups in total. The second-order valence-corrected chi connectivity index (χ2v) is 8.39. The van der Waals surface area contributed by atoms with Gasteiger partial charge in [-0.2, -0.15) is 13.2 Å². The lowest BCUT2D eigenvalue weighted by Crippen LogP contribution is -2.35. The number of hydrogen-bond donors (Lipinski definition) is 0. The number of amides is 1. The third kappa shape index (κ3) is 4.72. The van der Waals surface area contributed by atoms with Crippen LogP contribution < -0.4 is 9.47 Å². The molecule has 0 aliphatic carbocycles. The maximum absolute atomic E-state index is 13.9. The van der Waals surface area contributed by atoms with E-state index in [-0.39, 0.29) is 17.9 Å². The molecule has 3 aromatic carbocycles. The number of hydrogen-bond acceptors (Lipinski definition) is 4. The van der Waals surface area contributed by atoms with Gasteiger partial charge in [-0.3, -0.25) is 4.79 Å². The number of carbonyl (C=O) groups excluding carboxylic acids is 1. The number of ether oxygens (including phenoxy) is 3. The number of rotatable bonds is 6. The zero-order valence-corrected chi connectivity index (χ0v) is 18.9. The molecule has 0 radical (unpaired) electrons. The van der Waals surface area contributed by atoms with E-state index in [0.717, 1.165) is 6.07 Å². The molecule has 1 aliphatic rings. The molecule has 34 heavy (non-hydrogen) atoms. The molecule has 0 spiro atoms. The summed E-state index contributed by atoms with van der Waals surface area (Å²) in [6.45, 7) is 3.14. The van der Waals surface area contributed by atoms with Gasteiger partial charge in [-0.1, -0.05) is 36.4 Å². The Kier molecular flexibility index (Phi) is 6.27. The van der Waals surface area contributed by atoms with Gasteiger partial charge in [-0.15, -0.1) is 0 Å². The van der Waals surface area contributed by atoms with Gasteiger partial charge in [0.2, 0.25) is 0 Å². The highest BCUT2D eigenvalue weighted by Crippen LogP contribution is 2.46. The zero-order chi connectivity index (χ0) is 24.5. The molecule has 0 bridgehead atoms. The predicted octanol–water partition coefficient (Wildman–Crippen LogP) is 6.34. The van der Waals surface area contributed by atoms with E-state index in [2.05, 4.69) is 0 Å². The number of halogens is 3. The van der Waals surface area contributed by atoms with Crippen molar-refractivity contribution in [1.29, 1.82) is 0 Å². The fourth-order valence-electron chi connectivity index (χ4n) is 3.92. The third-order valence-electron chi connectivity index (χ3n) is 5.56. The summed E-state index contributed by atoms with van der Waals surface area (Å²) in [6.07, 6.45) is -5.92. The summed E-state index contributed by atoms with van der Waals surface area (Å²) in [5, 5.41) is 0. The highest BCUT2D eigenvalue weighted by molar-refractivity contribution is 5.86. The summed E-state index contributed by atoms with van der Waals surface area (Å²) in [6, 6.07) is 19.9. The van der Waals surface area contributed by atoms with Gasteiger partial charge in [-0.25, -0.2) is 0 Å². The van der Waals surface area contributed by atoms with Crippen molar-refractivity contribution in [3.05, 3.63) is 89.5 Å². The van der Waals surface area contributed by atoms with Gasteiger partial charge < -0.3 is 19.1 Å². The Hall–Kier alpha value is -3.52. The molecular formula is C26H24F3NO4. The summed E-state index contributed by atoms with van der Waals surface area (Å²) in [4.78, 5) is 14.4. The molecule has 1 amide bonds. The maximum Gasteiger partial charge on any atom is 0.416 e. The number of benzene rings is 3. The van der Waals surface area contributed by atoms with E-state index in [9.17, 15) is 18.0 Å². The molecule has 4 rings (SSSR count). The molecule has 0 aromatic heterocycles. The fraction of sp³-hybridized carbons (Fsp3) is 0.269.